The van der Waals surface area contributed by atoms with Crippen LogP contribution < -0.4 is 9.47 Å². The third-order valence-electron chi connectivity index (χ3n) is 4.36. The summed E-state index contributed by atoms with van der Waals surface area (Å²) in [4.78, 5) is 0.851. The summed E-state index contributed by atoms with van der Waals surface area (Å²) in [6, 6.07) is 13.9. The van der Waals surface area contributed by atoms with Gasteiger partial charge in [0.1, 0.15) is 6.61 Å². The predicted octanol–water partition coefficient (Wildman–Crippen LogP) is 4.21. The number of thioether (sulfide) groups is 1. The standard InChI is InChI=1S/C21H21N3O3S2/c1-3-6-14-9-10-17(18(11-14)26-2)27-12-15(25)13-28-20-22-23-21-24(20)16-7-4-5-8-19(16)29-21/h3-5,7-11,15,25H,1,6,12-13H2,2H3. The van der Waals surface area contributed by atoms with Crippen LogP contribution in [0.1, 0.15) is 5.56 Å². The van der Waals surface area contributed by atoms with Crippen molar-refractivity contribution in [1.82, 2.24) is 14.6 Å². The molecule has 0 bridgehead atoms. The molecule has 0 saturated heterocycles. The van der Waals surface area contributed by atoms with E-state index in [0.717, 1.165) is 32.3 Å². The molecule has 4 aromatic rings. The Hall–Kier alpha value is -2.55. The van der Waals surface area contributed by atoms with Crippen molar-refractivity contribution in [1.29, 1.82) is 0 Å². The minimum Gasteiger partial charge on any atom is -0.493 e. The van der Waals surface area contributed by atoms with E-state index < -0.39 is 6.10 Å². The number of para-hydroxylation sites is 1. The normalized spacial score (nSPS) is 12.3. The van der Waals surface area contributed by atoms with E-state index in [-0.39, 0.29) is 6.61 Å². The molecule has 1 atom stereocenters. The van der Waals surface area contributed by atoms with Gasteiger partial charge < -0.3 is 14.6 Å². The summed E-state index contributed by atoms with van der Waals surface area (Å²) in [7, 11) is 1.61. The molecule has 0 aliphatic rings. The fourth-order valence-corrected chi connectivity index (χ4v) is 4.85. The zero-order valence-electron chi connectivity index (χ0n) is 15.9. The number of rotatable bonds is 9. The first-order valence-corrected chi connectivity index (χ1v) is 10.9. The number of methoxy groups -OCH3 is 1. The first kappa shape index (κ1) is 19.8. The first-order chi connectivity index (χ1) is 14.2. The highest BCUT2D eigenvalue weighted by molar-refractivity contribution is 7.99. The lowest BCUT2D eigenvalue weighted by molar-refractivity contribution is 0.124. The Morgan fingerprint density at radius 1 is 1.24 bits per heavy atom. The monoisotopic (exact) mass is 427 g/mol. The molecule has 150 valence electrons. The molecule has 1 unspecified atom stereocenters. The zero-order chi connectivity index (χ0) is 20.2. The number of allylic oxidation sites excluding steroid dienone is 1. The van der Waals surface area contributed by atoms with Crippen LogP contribution >= 0.6 is 23.1 Å². The summed E-state index contributed by atoms with van der Waals surface area (Å²) in [6.45, 7) is 3.91. The number of aliphatic hydroxyl groups is 1. The average molecular weight is 428 g/mol. The Labute approximate surface area is 176 Å². The first-order valence-electron chi connectivity index (χ1n) is 9.13. The van der Waals surface area contributed by atoms with Gasteiger partial charge in [0.25, 0.3) is 0 Å². The van der Waals surface area contributed by atoms with Crippen LogP contribution in [-0.2, 0) is 6.42 Å². The number of nitrogens with zero attached hydrogens (tertiary/aromatic N) is 3. The minimum atomic E-state index is -0.658. The average Bonchev–Trinajstić information content (AvgIpc) is 3.30. The van der Waals surface area contributed by atoms with Gasteiger partial charge in [-0.2, -0.15) is 0 Å². The summed E-state index contributed by atoms with van der Waals surface area (Å²) in [5.41, 5.74) is 2.18. The minimum absolute atomic E-state index is 0.163. The number of thiazole rings is 1. The van der Waals surface area contributed by atoms with Crippen molar-refractivity contribution in [2.75, 3.05) is 19.5 Å². The summed E-state index contributed by atoms with van der Waals surface area (Å²) in [6.07, 6.45) is 1.95. The second kappa shape index (κ2) is 8.86. The van der Waals surface area contributed by atoms with E-state index in [1.165, 1.54) is 11.8 Å². The van der Waals surface area contributed by atoms with E-state index in [4.69, 9.17) is 9.47 Å². The van der Waals surface area contributed by atoms with Crippen LogP contribution in [0.2, 0.25) is 0 Å². The molecule has 0 radical (unpaired) electrons. The quantitative estimate of drug-likeness (QED) is 0.319. The molecule has 1 N–H and O–H groups in total. The van der Waals surface area contributed by atoms with E-state index in [0.29, 0.717) is 17.3 Å². The van der Waals surface area contributed by atoms with Gasteiger partial charge in [-0.15, -0.1) is 16.8 Å². The van der Waals surface area contributed by atoms with Gasteiger partial charge in [0.05, 0.1) is 23.4 Å². The SMILES string of the molecule is C=CCc1ccc(OCC(O)CSc2nnc3sc4ccccc4n23)c(OC)c1. The molecule has 0 aliphatic heterocycles. The lowest BCUT2D eigenvalue weighted by atomic mass is 10.1. The molecule has 29 heavy (non-hydrogen) atoms. The highest BCUT2D eigenvalue weighted by Gasteiger charge is 2.15. The second-order valence-corrected chi connectivity index (χ2v) is 8.42. The molecule has 0 saturated carbocycles. The summed E-state index contributed by atoms with van der Waals surface area (Å²) < 4.78 is 14.4. The lowest BCUT2D eigenvalue weighted by Gasteiger charge is -2.14. The molecule has 2 aromatic heterocycles. The molecule has 2 heterocycles. The molecule has 6 nitrogen and oxygen atoms in total. The summed E-state index contributed by atoms with van der Waals surface area (Å²) in [5.74, 6) is 1.70. The van der Waals surface area contributed by atoms with Gasteiger partial charge in [-0.05, 0) is 36.2 Å². The van der Waals surface area contributed by atoms with Crippen LogP contribution in [0.15, 0.2) is 60.3 Å². The second-order valence-electron chi connectivity index (χ2n) is 6.42. The van der Waals surface area contributed by atoms with Gasteiger partial charge in [0.15, 0.2) is 16.7 Å². The maximum absolute atomic E-state index is 10.4. The van der Waals surface area contributed by atoms with Gasteiger partial charge in [-0.1, -0.05) is 47.4 Å². The van der Waals surface area contributed by atoms with Crippen molar-refractivity contribution in [3.8, 4) is 11.5 Å². The zero-order valence-corrected chi connectivity index (χ0v) is 17.6. The molecule has 0 fully saturated rings. The molecule has 4 rings (SSSR count). The van der Waals surface area contributed by atoms with E-state index in [1.807, 2.05) is 46.9 Å². The van der Waals surface area contributed by atoms with Crippen LogP contribution in [-0.4, -0.2) is 45.3 Å². The van der Waals surface area contributed by atoms with Crippen molar-refractivity contribution in [3.05, 3.63) is 60.7 Å². The third kappa shape index (κ3) is 4.24. The van der Waals surface area contributed by atoms with Crippen molar-refractivity contribution in [2.24, 2.45) is 0 Å². The van der Waals surface area contributed by atoms with Gasteiger partial charge in [-0.3, -0.25) is 4.40 Å². The van der Waals surface area contributed by atoms with Crippen LogP contribution in [0, 0.1) is 0 Å². The highest BCUT2D eigenvalue weighted by atomic mass is 32.2. The molecule has 0 amide bonds. The lowest BCUT2D eigenvalue weighted by Crippen LogP contribution is -2.20. The number of fused-ring (bicyclic) bond motifs is 3. The van der Waals surface area contributed by atoms with Crippen molar-refractivity contribution < 1.29 is 14.6 Å². The fraction of sp³-hybridized carbons (Fsp3) is 0.238. The van der Waals surface area contributed by atoms with Crippen LogP contribution in [0.4, 0.5) is 0 Å². The summed E-state index contributed by atoms with van der Waals surface area (Å²) in [5, 5.41) is 19.7. The summed E-state index contributed by atoms with van der Waals surface area (Å²) >= 11 is 3.06. The maximum Gasteiger partial charge on any atom is 0.217 e. The number of aromatic nitrogens is 3. The molecule has 8 heteroatoms. The molecule has 2 aromatic carbocycles. The molecule has 0 spiro atoms. The van der Waals surface area contributed by atoms with Gasteiger partial charge >= 0.3 is 0 Å². The van der Waals surface area contributed by atoms with Gasteiger partial charge in [0.2, 0.25) is 4.96 Å². The van der Waals surface area contributed by atoms with E-state index >= 15 is 0 Å². The Kier molecular flexibility index (Phi) is 6.03. The number of benzene rings is 2. The van der Waals surface area contributed by atoms with Crippen LogP contribution in [0.5, 0.6) is 11.5 Å². The number of hydrogen-bond acceptors (Lipinski definition) is 7. The van der Waals surface area contributed by atoms with E-state index in [2.05, 4.69) is 22.8 Å². The van der Waals surface area contributed by atoms with Crippen molar-refractivity contribution >= 4 is 38.3 Å². The Morgan fingerprint density at radius 2 is 2.10 bits per heavy atom. The molecular weight excluding hydrogens is 406 g/mol. The highest BCUT2D eigenvalue weighted by Crippen LogP contribution is 2.31. The Bertz CT molecular complexity index is 1140. The predicted molar refractivity (Wildman–Crippen MR) is 117 cm³/mol. The molecular formula is C21H21N3O3S2. The number of ether oxygens (including phenoxy) is 2. The van der Waals surface area contributed by atoms with E-state index in [9.17, 15) is 5.11 Å². The molecule has 0 aliphatic carbocycles. The van der Waals surface area contributed by atoms with Gasteiger partial charge in [0, 0.05) is 5.75 Å². The van der Waals surface area contributed by atoms with Crippen LogP contribution in [0.25, 0.3) is 15.2 Å². The third-order valence-corrected chi connectivity index (χ3v) is 6.44. The fourth-order valence-electron chi connectivity index (χ4n) is 2.98. The number of aliphatic hydroxyl groups excluding tert-OH is 1. The number of hydrogen-bond donors (Lipinski definition) is 1. The Balaban J connectivity index is 1.39. The Morgan fingerprint density at radius 3 is 2.93 bits per heavy atom. The van der Waals surface area contributed by atoms with E-state index in [1.54, 1.807) is 18.4 Å². The van der Waals surface area contributed by atoms with Crippen molar-refractivity contribution in [2.45, 2.75) is 17.7 Å². The topological polar surface area (TPSA) is 68.9 Å². The van der Waals surface area contributed by atoms with Gasteiger partial charge in [-0.25, -0.2) is 0 Å². The largest absolute Gasteiger partial charge is 0.493 e. The van der Waals surface area contributed by atoms with Crippen LogP contribution in [0.3, 0.4) is 0 Å². The van der Waals surface area contributed by atoms with Crippen molar-refractivity contribution in [3.63, 3.8) is 0 Å². The smallest absolute Gasteiger partial charge is 0.217 e. The maximum atomic E-state index is 10.4.